The topological polar surface area (TPSA) is 72.8 Å². The van der Waals surface area contributed by atoms with E-state index >= 15 is 0 Å². The smallest absolute Gasteiger partial charge is 0.332 e. The molecule has 0 aromatic rings. The van der Waals surface area contributed by atoms with E-state index in [1.807, 2.05) is 6.92 Å². The van der Waals surface area contributed by atoms with Gasteiger partial charge in [0.25, 0.3) is 0 Å². The Morgan fingerprint density at radius 2 is 1.96 bits per heavy atom. The summed E-state index contributed by atoms with van der Waals surface area (Å²) in [5.74, 6) is 0.174. The standard InChI is InChI=1S/C22H34O5/c1-6-21(4)11-16(27-17(24)12-23)18-13(2)7-9-22(14(3)20(21)25)10-8-15(26-5)19(18)22/h6,13-16,18-19,23H,1,7-12H2,2-5H3/t13-,14+,15-,16-,18?,19-,21-,22+/m1/s1. The summed E-state index contributed by atoms with van der Waals surface area (Å²) < 4.78 is 11.6. The Balaban J connectivity index is 2.14. The second-order valence-corrected chi connectivity index (χ2v) is 9.26. The summed E-state index contributed by atoms with van der Waals surface area (Å²) in [6.07, 6.45) is 5.75. The normalized spacial score (nSPS) is 46.9. The molecule has 27 heavy (non-hydrogen) atoms. The molecule has 3 rings (SSSR count). The van der Waals surface area contributed by atoms with E-state index in [4.69, 9.17) is 9.47 Å². The molecule has 5 heteroatoms. The van der Waals surface area contributed by atoms with Gasteiger partial charge in [-0.2, -0.15) is 0 Å². The van der Waals surface area contributed by atoms with Crippen LogP contribution in [0.15, 0.2) is 12.7 Å². The van der Waals surface area contributed by atoms with Gasteiger partial charge in [-0.3, -0.25) is 4.79 Å². The van der Waals surface area contributed by atoms with Gasteiger partial charge in [0.15, 0.2) is 0 Å². The van der Waals surface area contributed by atoms with Crippen LogP contribution in [0.2, 0.25) is 0 Å². The molecule has 3 aliphatic carbocycles. The second kappa shape index (κ2) is 7.32. The Morgan fingerprint density at radius 3 is 2.56 bits per heavy atom. The van der Waals surface area contributed by atoms with Gasteiger partial charge in [0, 0.05) is 30.8 Å². The summed E-state index contributed by atoms with van der Waals surface area (Å²) in [6.45, 7) is 9.52. The SMILES string of the molecule is C=C[C@]1(C)C[C@@H](OC(=O)CO)C2[C@H](C)CC[C@]3(CC[C@@H](OC)[C@H]23)[C@@H](C)C1=O. The molecule has 0 saturated heterocycles. The minimum Gasteiger partial charge on any atom is -0.460 e. The molecule has 0 radical (unpaired) electrons. The quantitative estimate of drug-likeness (QED) is 0.601. The minimum absolute atomic E-state index is 0.0739. The first-order valence-electron chi connectivity index (χ1n) is 10.2. The van der Waals surface area contributed by atoms with E-state index < -0.39 is 24.1 Å². The van der Waals surface area contributed by atoms with E-state index in [9.17, 15) is 14.7 Å². The zero-order valence-electron chi connectivity index (χ0n) is 17.1. The van der Waals surface area contributed by atoms with Crippen molar-refractivity contribution >= 4 is 11.8 Å². The van der Waals surface area contributed by atoms with E-state index in [2.05, 4.69) is 20.4 Å². The number of aliphatic hydroxyl groups is 1. The van der Waals surface area contributed by atoms with Crippen LogP contribution in [0.4, 0.5) is 0 Å². The molecule has 0 spiro atoms. The predicted molar refractivity (Wildman–Crippen MR) is 102 cm³/mol. The first-order valence-corrected chi connectivity index (χ1v) is 10.2. The van der Waals surface area contributed by atoms with Crippen LogP contribution in [-0.4, -0.2) is 42.8 Å². The van der Waals surface area contributed by atoms with Gasteiger partial charge >= 0.3 is 5.97 Å². The lowest BCUT2D eigenvalue weighted by atomic mass is 9.49. The third kappa shape index (κ3) is 3.07. The van der Waals surface area contributed by atoms with E-state index in [1.165, 1.54) is 0 Å². The maximum absolute atomic E-state index is 13.6. The Kier molecular flexibility index (Phi) is 5.57. The molecule has 0 aliphatic heterocycles. The Morgan fingerprint density at radius 1 is 1.30 bits per heavy atom. The number of carbonyl (C=O) groups excluding carboxylic acids is 2. The highest BCUT2D eigenvalue weighted by Gasteiger charge is 2.63. The number of Topliss-reactive ketones (excluding diaryl/α,β-unsaturated/α-hetero) is 1. The molecule has 2 bridgehead atoms. The van der Waals surface area contributed by atoms with Crippen molar-refractivity contribution in [3.05, 3.63) is 12.7 Å². The van der Waals surface area contributed by atoms with Gasteiger partial charge in [-0.25, -0.2) is 4.79 Å². The number of ketones is 1. The number of methoxy groups -OCH3 is 1. The average Bonchev–Trinajstić information content (AvgIpc) is 3.05. The van der Waals surface area contributed by atoms with Crippen LogP contribution in [0.5, 0.6) is 0 Å². The minimum atomic E-state index is -0.738. The van der Waals surface area contributed by atoms with Gasteiger partial charge < -0.3 is 14.6 Å². The third-order valence-corrected chi connectivity index (χ3v) is 8.13. The van der Waals surface area contributed by atoms with Gasteiger partial charge in [-0.1, -0.05) is 19.9 Å². The molecular weight excluding hydrogens is 344 g/mol. The fraction of sp³-hybridized carbons (Fsp3) is 0.818. The van der Waals surface area contributed by atoms with E-state index in [0.717, 1.165) is 25.7 Å². The third-order valence-electron chi connectivity index (χ3n) is 8.13. The number of allylic oxidation sites excluding steroid dienone is 1. The number of esters is 1. The van der Waals surface area contributed by atoms with Crippen molar-refractivity contribution in [3.63, 3.8) is 0 Å². The first-order chi connectivity index (χ1) is 12.7. The largest absolute Gasteiger partial charge is 0.460 e. The Labute approximate surface area is 162 Å². The van der Waals surface area contributed by atoms with Gasteiger partial charge in [0.05, 0.1) is 6.10 Å². The number of hydrogen-bond donors (Lipinski definition) is 1. The molecular formula is C22H34O5. The van der Waals surface area contributed by atoms with Gasteiger partial charge in [0.2, 0.25) is 0 Å². The predicted octanol–water partition coefficient (Wildman–Crippen LogP) is 3.15. The van der Waals surface area contributed by atoms with Crippen molar-refractivity contribution in [2.45, 2.75) is 65.1 Å². The molecule has 5 nitrogen and oxygen atoms in total. The van der Waals surface area contributed by atoms with Crippen LogP contribution >= 0.6 is 0 Å². The second-order valence-electron chi connectivity index (χ2n) is 9.26. The van der Waals surface area contributed by atoms with Gasteiger partial charge in [-0.05, 0) is 49.9 Å². The maximum Gasteiger partial charge on any atom is 0.332 e. The number of rotatable bonds is 4. The van der Waals surface area contributed by atoms with Crippen LogP contribution in [0.3, 0.4) is 0 Å². The molecule has 1 unspecified atom stereocenters. The summed E-state index contributed by atoms with van der Waals surface area (Å²) in [4.78, 5) is 25.6. The zero-order chi connectivity index (χ0) is 20.0. The highest BCUT2D eigenvalue weighted by atomic mass is 16.6. The van der Waals surface area contributed by atoms with Crippen molar-refractivity contribution in [3.8, 4) is 0 Å². The highest BCUT2D eigenvalue weighted by Crippen LogP contribution is 2.64. The molecule has 1 N–H and O–H groups in total. The molecule has 8 atom stereocenters. The molecule has 3 aliphatic rings. The zero-order valence-corrected chi connectivity index (χ0v) is 17.1. The molecule has 0 heterocycles. The molecule has 3 fully saturated rings. The van der Waals surface area contributed by atoms with Crippen molar-refractivity contribution in [1.29, 1.82) is 0 Å². The monoisotopic (exact) mass is 378 g/mol. The Hall–Kier alpha value is -1.20. The lowest BCUT2D eigenvalue weighted by molar-refractivity contribution is -0.179. The van der Waals surface area contributed by atoms with Crippen LogP contribution in [0.1, 0.15) is 52.9 Å². The van der Waals surface area contributed by atoms with Crippen LogP contribution in [0.25, 0.3) is 0 Å². The van der Waals surface area contributed by atoms with Crippen molar-refractivity contribution < 1.29 is 24.2 Å². The average molecular weight is 379 g/mol. The van der Waals surface area contributed by atoms with E-state index in [-0.39, 0.29) is 35.1 Å². The fourth-order valence-electron chi connectivity index (χ4n) is 6.60. The van der Waals surface area contributed by atoms with Crippen LogP contribution < -0.4 is 0 Å². The van der Waals surface area contributed by atoms with E-state index in [1.54, 1.807) is 13.2 Å². The van der Waals surface area contributed by atoms with Gasteiger partial charge in [0.1, 0.15) is 18.5 Å². The molecule has 0 aromatic heterocycles. The lowest BCUT2D eigenvalue weighted by Gasteiger charge is -2.56. The number of hydrogen-bond acceptors (Lipinski definition) is 5. The van der Waals surface area contributed by atoms with Crippen molar-refractivity contribution in [2.75, 3.05) is 13.7 Å². The fourth-order valence-corrected chi connectivity index (χ4v) is 6.60. The van der Waals surface area contributed by atoms with Gasteiger partial charge in [-0.15, -0.1) is 6.58 Å². The maximum atomic E-state index is 13.6. The summed E-state index contributed by atoms with van der Waals surface area (Å²) in [5, 5.41) is 9.26. The van der Waals surface area contributed by atoms with Crippen molar-refractivity contribution in [2.24, 2.45) is 34.5 Å². The number of carbonyl (C=O) groups is 2. The lowest BCUT2D eigenvalue weighted by Crippen LogP contribution is -2.57. The number of aliphatic hydroxyl groups excluding tert-OH is 1. The molecule has 0 amide bonds. The highest BCUT2D eigenvalue weighted by molar-refractivity contribution is 5.89. The van der Waals surface area contributed by atoms with E-state index in [0.29, 0.717) is 12.3 Å². The van der Waals surface area contributed by atoms with Crippen LogP contribution in [0, 0.1) is 34.5 Å². The summed E-state index contributed by atoms with van der Waals surface area (Å²) in [7, 11) is 1.75. The Bertz CT molecular complexity index is 616. The molecule has 3 saturated carbocycles. The van der Waals surface area contributed by atoms with Crippen LogP contribution in [-0.2, 0) is 19.1 Å². The number of ether oxygens (including phenoxy) is 2. The first kappa shape index (κ1) is 20.5. The summed E-state index contributed by atoms with van der Waals surface area (Å²) >= 11 is 0. The van der Waals surface area contributed by atoms with Crippen molar-refractivity contribution in [1.82, 2.24) is 0 Å². The molecule has 0 aromatic carbocycles. The summed E-state index contributed by atoms with van der Waals surface area (Å²) in [5.41, 5.74) is -0.845. The molecule has 152 valence electrons. The summed E-state index contributed by atoms with van der Waals surface area (Å²) in [6, 6.07) is 0.